The summed E-state index contributed by atoms with van der Waals surface area (Å²) < 4.78 is 5.96. The summed E-state index contributed by atoms with van der Waals surface area (Å²) in [7, 11) is 0. The highest BCUT2D eigenvalue weighted by atomic mass is 35.5. The van der Waals surface area contributed by atoms with Gasteiger partial charge in [0.25, 0.3) is 0 Å². The Morgan fingerprint density at radius 2 is 2.07 bits per heavy atom. The normalized spacial score (nSPS) is 18.6. The number of hydrogen-bond acceptors (Lipinski definition) is 6. The van der Waals surface area contributed by atoms with Gasteiger partial charge in [-0.3, -0.25) is 10.2 Å². The lowest BCUT2D eigenvalue weighted by molar-refractivity contribution is 0.0101. The molecular formula is C20H26ClN5O2S. The molecule has 1 saturated carbocycles. The Hall–Kier alpha value is -1.90. The van der Waals surface area contributed by atoms with Crippen LogP contribution >= 0.6 is 22.9 Å². The lowest BCUT2D eigenvalue weighted by Gasteiger charge is -2.46. The van der Waals surface area contributed by atoms with Crippen LogP contribution in [0.5, 0.6) is 5.75 Å². The van der Waals surface area contributed by atoms with Gasteiger partial charge in [0, 0.05) is 30.2 Å². The van der Waals surface area contributed by atoms with Gasteiger partial charge in [0.2, 0.25) is 5.13 Å². The Balaban J connectivity index is 1.19. The molecule has 1 saturated heterocycles. The van der Waals surface area contributed by atoms with Crippen LogP contribution in [0.25, 0.3) is 0 Å². The van der Waals surface area contributed by atoms with Crippen molar-refractivity contribution in [1.29, 1.82) is 0 Å². The van der Waals surface area contributed by atoms with Crippen molar-refractivity contribution in [2.45, 2.75) is 50.7 Å². The van der Waals surface area contributed by atoms with Crippen molar-refractivity contribution in [3.63, 3.8) is 0 Å². The van der Waals surface area contributed by atoms with Crippen molar-refractivity contribution >= 4 is 34.1 Å². The number of carbonyl (C=O) groups excluding carboxylic acids is 1. The third-order valence-electron chi connectivity index (χ3n) is 5.63. The van der Waals surface area contributed by atoms with Gasteiger partial charge in [-0.05, 0) is 56.4 Å². The summed E-state index contributed by atoms with van der Waals surface area (Å²) in [6.45, 7) is 4.80. The number of benzene rings is 1. The number of urea groups is 1. The van der Waals surface area contributed by atoms with E-state index in [4.69, 9.17) is 16.3 Å². The van der Waals surface area contributed by atoms with E-state index in [1.54, 1.807) is 0 Å². The fourth-order valence-electron chi connectivity index (χ4n) is 3.71. The number of nitrogens with zero attached hydrogens (tertiary/aromatic N) is 3. The molecule has 0 bridgehead atoms. The molecule has 2 amide bonds. The van der Waals surface area contributed by atoms with Crippen LogP contribution in [-0.4, -0.2) is 52.4 Å². The first-order valence-corrected chi connectivity index (χ1v) is 11.3. The second-order valence-corrected chi connectivity index (χ2v) is 9.27. The van der Waals surface area contributed by atoms with Crippen molar-refractivity contribution in [2.24, 2.45) is 0 Å². The first kappa shape index (κ1) is 20.4. The number of hydrogen-bond donors (Lipinski definition) is 2. The van der Waals surface area contributed by atoms with Crippen molar-refractivity contribution in [3.8, 4) is 5.75 Å². The third-order valence-corrected chi connectivity index (χ3v) is 6.86. The summed E-state index contributed by atoms with van der Waals surface area (Å²) in [5, 5.41) is 16.3. The van der Waals surface area contributed by atoms with E-state index in [1.807, 2.05) is 31.2 Å². The number of aryl methyl sites for hydroxylation is 1. The number of carbonyl (C=O) groups is 1. The van der Waals surface area contributed by atoms with Gasteiger partial charge in [0.1, 0.15) is 16.9 Å². The zero-order chi connectivity index (χ0) is 20.3. The highest BCUT2D eigenvalue weighted by Gasteiger charge is 2.40. The van der Waals surface area contributed by atoms with Gasteiger partial charge in [-0.25, -0.2) is 4.79 Å². The average Bonchev–Trinajstić information content (AvgIpc) is 3.10. The topological polar surface area (TPSA) is 79.4 Å². The van der Waals surface area contributed by atoms with Gasteiger partial charge in [-0.15, -0.1) is 10.2 Å². The van der Waals surface area contributed by atoms with E-state index in [-0.39, 0.29) is 17.7 Å². The second-order valence-electron chi connectivity index (χ2n) is 7.77. The molecule has 1 aliphatic carbocycles. The lowest BCUT2D eigenvalue weighted by Crippen LogP contribution is -2.59. The number of nitrogens with one attached hydrogen (secondary N) is 2. The molecule has 0 atom stereocenters. The quantitative estimate of drug-likeness (QED) is 0.656. The zero-order valence-electron chi connectivity index (χ0n) is 16.5. The Bertz CT molecular complexity index is 834. The molecule has 7 nitrogen and oxygen atoms in total. The molecule has 1 aromatic carbocycles. The fraction of sp³-hybridized carbons (Fsp3) is 0.550. The molecule has 0 spiro atoms. The SMILES string of the molecule is CCc1nnc(NC(=O)NC2(CCN3CC(Oc4ccc(Cl)cc4)C3)CCC2)s1. The molecule has 0 unspecified atom stereocenters. The van der Waals surface area contributed by atoms with Crippen LogP contribution in [0.2, 0.25) is 5.02 Å². The van der Waals surface area contributed by atoms with Crippen LogP contribution in [0, 0.1) is 0 Å². The van der Waals surface area contributed by atoms with Crippen LogP contribution in [0.15, 0.2) is 24.3 Å². The molecule has 29 heavy (non-hydrogen) atoms. The molecule has 4 rings (SSSR count). The fourth-order valence-corrected chi connectivity index (χ4v) is 4.52. The summed E-state index contributed by atoms with van der Waals surface area (Å²) in [4.78, 5) is 14.8. The minimum Gasteiger partial charge on any atom is -0.488 e. The number of amides is 2. The van der Waals surface area contributed by atoms with Gasteiger partial charge in [0.05, 0.1) is 0 Å². The maximum Gasteiger partial charge on any atom is 0.321 e. The number of anilines is 1. The number of ether oxygens (including phenoxy) is 1. The van der Waals surface area contributed by atoms with E-state index in [2.05, 4.69) is 25.7 Å². The van der Waals surface area contributed by atoms with Crippen molar-refractivity contribution in [1.82, 2.24) is 20.4 Å². The second kappa shape index (κ2) is 8.85. The van der Waals surface area contributed by atoms with Crippen LogP contribution in [0.4, 0.5) is 9.93 Å². The van der Waals surface area contributed by atoms with Gasteiger partial charge in [-0.1, -0.05) is 29.9 Å². The van der Waals surface area contributed by atoms with E-state index >= 15 is 0 Å². The third kappa shape index (κ3) is 5.18. The molecule has 1 aromatic heterocycles. The lowest BCUT2D eigenvalue weighted by atomic mass is 9.74. The predicted molar refractivity (Wildman–Crippen MR) is 115 cm³/mol. The molecule has 2 N–H and O–H groups in total. The smallest absolute Gasteiger partial charge is 0.321 e. The first-order valence-electron chi connectivity index (χ1n) is 10.1. The van der Waals surface area contributed by atoms with E-state index in [1.165, 1.54) is 11.3 Å². The maximum absolute atomic E-state index is 12.4. The van der Waals surface area contributed by atoms with Crippen molar-refractivity contribution < 1.29 is 9.53 Å². The molecule has 2 heterocycles. The van der Waals surface area contributed by atoms with Gasteiger partial charge in [-0.2, -0.15) is 0 Å². The summed E-state index contributed by atoms with van der Waals surface area (Å²) in [5.74, 6) is 0.857. The Morgan fingerprint density at radius 1 is 1.31 bits per heavy atom. The largest absolute Gasteiger partial charge is 0.488 e. The number of rotatable bonds is 8. The molecule has 0 radical (unpaired) electrons. The van der Waals surface area contributed by atoms with E-state index < -0.39 is 0 Å². The highest BCUT2D eigenvalue weighted by Crippen LogP contribution is 2.36. The molecule has 2 aliphatic rings. The average molecular weight is 436 g/mol. The summed E-state index contributed by atoms with van der Waals surface area (Å²) in [5.41, 5.74) is -0.107. The number of aromatic nitrogens is 2. The summed E-state index contributed by atoms with van der Waals surface area (Å²) >= 11 is 7.33. The van der Waals surface area contributed by atoms with Gasteiger partial charge in [0.15, 0.2) is 0 Å². The van der Waals surface area contributed by atoms with E-state index in [0.717, 1.165) is 62.5 Å². The molecular weight excluding hydrogens is 410 g/mol. The molecule has 2 aromatic rings. The molecule has 156 valence electrons. The minimum atomic E-state index is -0.184. The maximum atomic E-state index is 12.4. The summed E-state index contributed by atoms with van der Waals surface area (Å²) in [6.07, 6.45) is 5.19. The van der Waals surface area contributed by atoms with Crippen LogP contribution in [-0.2, 0) is 6.42 Å². The van der Waals surface area contributed by atoms with Gasteiger partial charge < -0.3 is 10.1 Å². The van der Waals surface area contributed by atoms with E-state index in [9.17, 15) is 4.79 Å². The Labute approximate surface area is 179 Å². The Kier molecular flexibility index (Phi) is 6.22. The van der Waals surface area contributed by atoms with Crippen LogP contribution in [0.3, 0.4) is 0 Å². The molecule has 1 aliphatic heterocycles. The Morgan fingerprint density at radius 3 is 2.69 bits per heavy atom. The molecule has 9 heteroatoms. The van der Waals surface area contributed by atoms with Gasteiger partial charge >= 0.3 is 6.03 Å². The van der Waals surface area contributed by atoms with Crippen LogP contribution < -0.4 is 15.4 Å². The zero-order valence-corrected chi connectivity index (χ0v) is 18.1. The van der Waals surface area contributed by atoms with Crippen LogP contribution in [0.1, 0.15) is 37.6 Å². The first-order chi connectivity index (χ1) is 14.0. The van der Waals surface area contributed by atoms with Crippen molar-refractivity contribution in [3.05, 3.63) is 34.3 Å². The monoisotopic (exact) mass is 435 g/mol. The predicted octanol–water partition coefficient (Wildman–Crippen LogP) is 3.95. The number of halogens is 1. The minimum absolute atomic E-state index is 0.107. The summed E-state index contributed by atoms with van der Waals surface area (Å²) in [6, 6.07) is 7.30. The van der Waals surface area contributed by atoms with Crippen molar-refractivity contribution in [2.75, 3.05) is 25.0 Å². The standard InChI is InChI=1S/C20H26ClN5O2S/c1-2-17-24-25-19(29-17)22-18(27)23-20(8-3-9-20)10-11-26-12-16(13-26)28-15-6-4-14(21)5-7-15/h4-7,16H,2-3,8-13H2,1H3,(H2,22,23,25,27). The number of likely N-dealkylation sites (tertiary alicyclic amines) is 1. The highest BCUT2D eigenvalue weighted by molar-refractivity contribution is 7.15. The van der Waals surface area contributed by atoms with E-state index in [0.29, 0.717) is 10.2 Å². The molecule has 2 fully saturated rings.